The fourth-order valence-corrected chi connectivity index (χ4v) is 1.23. The van der Waals surface area contributed by atoms with E-state index in [0.717, 1.165) is 0 Å². The molecule has 3 N–H and O–H groups in total. The maximum absolute atomic E-state index is 9.10. The van der Waals surface area contributed by atoms with Crippen LogP contribution in [0.3, 0.4) is 0 Å². The normalized spacial score (nSPS) is 45.8. The zero-order chi connectivity index (χ0) is 8.43. The van der Waals surface area contributed by atoms with Crippen LogP contribution >= 0.6 is 11.6 Å². The van der Waals surface area contributed by atoms with Crippen molar-refractivity contribution in [3.8, 4) is 0 Å². The van der Waals surface area contributed by atoms with Gasteiger partial charge < -0.3 is 20.1 Å². The SMILES string of the molecule is O[C@@H]1[C@@H](O)C[C@@H](CCl)O[C@@H]1O. The molecule has 1 rings (SSSR count). The van der Waals surface area contributed by atoms with E-state index >= 15 is 0 Å². The molecular weight excluding hydrogens is 172 g/mol. The first-order chi connectivity index (χ1) is 5.15. The van der Waals surface area contributed by atoms with Gasteiger partial charge in [-0.1, -0.05) is 0 Å². The molecular formula is C6H11ClO4. The standard InChI is InChI=1S/C6H11ClO4/c7-2-3-1-4(8)5(9)6(10)11-3/h3-6,8-10H,1-2H2/t3-,4-,5+,6-/m0/s1. The minimum absolute atomic E-state index is 0.209. The molecule has 1 aliphatic rings. The molecule has 0 aromatic rings. The van der Waals surface area contributed by atoms with E-state index in [-0.39, 0.29) is 18.4 Å². The molecule has 1 heterocycles. The van der Waals surface area contributed by atoms with E-state index in [1.165, 1.54) is 0 Å². The monoisotopic (exact) mass is 182 g/mol. The highest BCUT2D eigenvalue weighted by molar-refractivity contribution is 6.18. The van der Waals surface area contributed by atoms with Gasteiger partial charge in [0, 0.05) is 12.3 Å². The Morgan fingerprint density at radius 2 is 2.00 bits per heavy atom. The summed E-state index contributed by atoms with van der Waals surface area (Å²) in [5, 5.41) is 27.1. The number of rotatable bonds is 1. The fraction of sp³-hybridized carbons (Fsp3) is 1.00. The van der Waals surface area contributed by atoms with Gasteiger partial charge in [-0.15, -0.1) is 11.6 Å². The summed E-state index contributed by atoms with van der Waals surface area (Å²) in [7, 11) is 0. The van der Waals surface area contributed by atoms with Crippen LogP contribution in [0.4, 0.5) is 0 Å². The second-order valence-corrected chi connectivity index (χ2v) is 2.91. The number of ether oxygens (including phenoxy) is 1. The zero-order valence-electron chi connectivity index (χ0n) is 5.85. The van der Waals surface area contributed by atoms with Crippen molar-refractivity contribution < 1.29 is 20.1 Å². The summed E-state index contributed by atoms with van der Waals surface area (Å²) in [6, 6.07) is 0. The molecule has 5 heteroatoms. The minimum atomic E-state index is -1.32. The maximum atomic E-state index is 9.10. The van der Waals surface area contributed by atoms with Crippen LogP contribution in [-0.2, 0) is 4.74 Å². The zero-order valence-corrected chi connectivity index (χ0v) is 6.61. The summed E-state index contributed by atoms with van der Waals surface area (Å²) in [6.07, 6.45) is -3.58. The molecule has 4 atom stereocenters. The first kappa shape index (κ1) is 9.22. The van der Waals surface area contributed by atoms with E-state index < -0.39 is 18.5 Å². The second-order valence-electron chi connectivity index (χ2n) is 2.60. The summed E-state index contributed by atoms with van der Waals surface area (Å²) >= 11 is 5.43. The molecule has 0 saturated carbocycles. The Kier molecular flexibility index (Phi) is 3.09. The predicted octanol–water partition coefficient (Wildman–Crippen LogP) is -0.946. The van der Waals surface area contributed by atoms with Crippen molar-refractivity contribution in [3.05, 3.63) is 0 Å². The van der Waals surface area contributed by atoms with Crippen LogP contribution in [-0.4, -0.2) is 45.8 Å². The molecule has 0 spiro atoms. The van der Waals surface area contributed by atoms with E-state index in [1.54, 1.807) is 0 Å². The summed E-state index contributed by atoms with van der Waals surface area (Å²) < 4.78 is 4.83. The number of hydrogen-bond acceptors (Lipinski definition) is 4. The molecule has 0 radical (unpaired) electrons. The topological polar surface area (TPSA) is 69.9 Å². The van der Waals surface area contributed by atoms with E-state index in [0.29, 0.717) is 0 Å². The van der Waals surface area contributed by atoms with Crippen LogP contribution < -0.4 is 0 Å². The van der Waals surface area contributed by atoms with Gasteiger partial charge in [0.1, 0.15) is 6.10 Å². The van der Waals surface area contributed by atoms with Gasteiger partial charge in [0.15, 0.2) is 6.29 Å². The highest BCUT2D eigenvalue weighted by atomic mass is 35.5. The third kappa shape index (κ3) is 2.04. The van der Waals surface area contributed by atoms with Crippen molar-refractivity contribution in [2.45, 2.75) is 31.0 Å². The van der Waals surface area contributed by atoms with Crippen molar-refractivity contribution in [1.29, 1.82) is 0 Å². The van der Waals surface area contributed by atoms with Crippen molar-refractivity contribution in [1.82, 2.24) is 0 Å². The molecule has 1 aliphatic heterocycles. The van der Waals surface area contributed by atoms with Gasteiger partial charge in [-0.05, 0) is 0 Å². The fourth-order valence-electron chi connectivity index (χ4n) is 1.03. The first-order valence-electron chi connectivity index (χ1n) is 3.40. The second kappa shape index (κ2) is 3.69. The average Bonchev–Trinajstić information content (AvgIpc) is 1.99. The Hall–Kier alpha value is 0.130. The van der Waals surface area contributed by atoms with E-state index in [4.69, 9.17) is 31.7 Å². The minimum Gasteiger partial charge on any atom is -0.390 e. The molecule has 1 fully saturated rings. The van der Waals surface area contributed by atoms with Crippen LogP contribution in [0.2, 0.25) is 0 Å². The highest BCUT2D eigenvalue weighted by Gasteiger charge is 2.34. The molecule has 0 bridgehead atoms. The van der Waals surface area contributed by atoms with Crippen LogP contribution in [0.15, 0.2) is 0 Å². The summed E-state index contributed by atoms with van der Waals surface area (Å²) in [6.45, 7) is 0. The predicted molar refractivity (Wildman–Crippen MR) is 38.2 cm³/mol. The van der Waals surface area contributed by atoms with Crippen LogP contribution in [0.1, 0.15) is 6.42 Å². The third-order valence-electron chi connectivity index (χ3n) is 1.69. The lowest BCUT2D eigenvalue weighted by atomic mass is 10.0. The van der Waals surface area contributed by atoms with Gasteiger partial charge in [0.2, 0.25) is 0 Å². The lowest BCUT2D eigenvalue weighted by Gasteiger charge is -2.33. The van der Waals surface area contributed by atoms with Gasteiger partial charge in [0.25, 0.3) is 0 Å². The summed E-state index contributed by atoms with van der Waals surface area (Å²) in [5.41, 5.74) is 0. The van der Waals surface area contributed by atoms with Gasteiger partial charge in [-0.25, -0.2) is 0 Å². The Morgan fingerprint density at radius 3 is 2.45 bits per heavy atom. The lowest BCUT2D eigenvalue weighted by molar-refractivity contribution is -0.242. The van der Waals surface area contributed by atoms with Crippen LogP contribution in [0.5, 0.6) is 0 Å². The Balaban J connectivity index is 2.47. The quantitative estimate of drug-likeness (QED) is 0.458. The molecule has 1 saturated heterocycles. The number of hydrogen-bond donors (Lipinski definition) is 3. The van der Waals surface area contributed by atoms with Crippen molar-refractivity contribution in [3.63, 3.8) is 0 Å². The third-order valence-corrected chi connectivity index (χ3v) is 2.04. The molecule has 0 unspecified atom stereocenters. The number of halogens is 1. The molecule has 0 aliphatic carbocycles. The Bertz CT molecular complexity index is 120. The van der Waals surface area contributed by atoms with E-state index in [1.807, 2.05) is 0 Å². The Morgan fingerprint density at radius 1 is 1.36 bits per heavy atom. The van der Waals surface area contributed by atoms with Crippen molar-refractivity contribution >= 4 is 11.6 Å². The largest absolute Gasteiger partial charge is 0.390 e. The van der Waals surface area contributed by atoms with E-state index in [2.05, 4.69) is 0 Å². The molecule has 0 aromatic heterocycles. The van der Waals surface area contributed by atoms with Crippen LogP contribution in [0, 0.1) is 0 Å². The van der Waals surface area contributed by atoms with Crippen molar-refractivity contribution in [2.75, 3.05) is 5.88 Å². The first-order valence-corrected chi connectivity index (χ1v) is 3.94. The number of alkyl halides is 1. The van der Waals surface area contributed by atoms with E-state index in [9.17, 15) is 0 Å². The number of aliphatic hydroxyl groups excluding tert-OH is 3. The maximum Gasteiger partial charge on any atom is 0.183 e. The number of aliphatic hydroxyl groups is 3. The van der Waals surface area contributed by atoms with Gasteiger partial charge >= 0.3 is 0 Å². The molecule has 66 valence electrons. The van der Waals surface area contributed by atoms with Crippen molar-refractivity contribution in [2.24, 2.45) is 0 Å². The van der Waals surface area contributed by atoms with Gasteiger partial charge in [-0.2, -0.15) is 0 Å². The molecule has 0 amide bonds. The van der Waals surface area contributed by atoms with Gasteiger partial charge in [-0.3, -0.25) is 0 Å². The molecule has 0 aromatic carbocycles. The molecule has 11 heavy (non-hydrogen) atoms. The molecule has 4 nitrogen and oxygen atoms in total. The summed E-state index contributed by atoms with van der Waals surface area (Å²) in [4.78, 5) is 0. The average molecular weight is 183 g/mol. The highest BCUT2D eigenvalue weighted by Crippen LogP contribution is 2.19. The lowest BCUT2D eigenvalue weighted by Crippen LogP contribution is -2.48. The van der Waals surface area contributed by atoms with Crippen LogP contribution in [0.25, 0.3) is 0 Å². The van der Waals surface area contributed by atoms with Gasteiger partial charge in [0.05, 0.1) is 12.2 Å². The Labute approximate surface area is 69.4 Å². The summed E-state index contributed by atoms with van der Waals surface area (Å²) in [5.74, 6) is 0.209. The smallest absolute Gasteiger partial charge is 0.183 e.